The predicted octanol–water partition coefficient (Wildman–Crippen LogP) is 3.09. The van der Waals surface area contributed by atoms with Crippen molar-refractivity contribution in [3.63, 3.8) is 0 Å². The van der Waals surface area contributed by atoms with Crippen LogP contribution in [0.5, 0.6) is 0 Å². The van der Waals surface area contributed by atoms with Crippen LogP contribution in [0.4, 0.5) is 0 Å². The summed E-state index contributed by atoms with van der Waals surface area (Å²) in [4.78, 5) is 0. The maximum atomic E-state index is 2.81. The fourth-order valence-corrected chi connectivity index (χ4v) is 4.79. The van der Waals surface area contributed by atoms with Gasteiger partial charge in [-0.15, -0.1) is 0 Å². The lowest BCUT2D eigenvalue weighted by molar-refractivity contribution is 0.336. The molecule has 1 heterocycles. The molecule has 13 heavy (non-hydrogen) atoms. The maximum Gasteiger partial charge on any atom is 0.119 e. The Morgan fingerprint density at radius 2 is 1.62 bits per heavy atom. The van der Waals surface area contributed by atoms with Crippen LogP contribution in [0.25, 0.3) is 0 Å². The van der Waals surface area contributed by atoms with Gasteiger partial charge in [-0.2, -0.15) is 0 Å². The van der Waals surface area contributed by atoms with Crippen molar-refractivity contribution >= 4 is 8.24 Å². The number of nitrogens with zero attached hydrogens (tertiary/aromatic N) is 1. The molecule has 2 unspecified atom stereocenters. The summed E-state index contributed by atoms with van der Waals surface area (Å²) >= 11 is 0. The van der Waals surface area contributed by atoms with Crippen molar-refractivity contribution in [2.45, 2.75) is 57.8 Å². The Bertz CT molecular complexity index is 179. The molecule has 1 saturated carbocycles. The van der Waals surface area contributed by atoms with Gasteiger partial charge in [0.15, 0.2) is 0 Å². The molecule has 0 aromatic heterocycles. The molecule has 2 fully saturated rings. The van der Waals surface area contributed by atoms with E-state index in [2.05, 4.69) is 24.2 Å². The summed E-state index contributed by atoms with van der Waals surface area (Å²) in [7, 11) is -0.937. The lowest BCUT2D eigenvalue weighted by atomic mass is 9.87. The Morgan fingerprint density at radius 1 is 1.00 bits per heavy atom. The first kappa shape index (κ1) is 9.72. The fraction of sp³-hybridized carbons (Fsp3) is 1.00. The van der Waals surface area contributed by atoms with Gasteiger partial charge >= 0.3 is 0 Å². The average Bonchev–Trinajstić information content (AvgIpc) is 2.83. The Morgan fingerprint density at radius 3 is 2.08 bits per heavy atom. The molecule has 2 rings (SSSR count). The van der Waals surface area contributed by atoms with E-state index in [1.807, 2.05) is 0 Å². The zero-order valence-electron chi connectivity index (χ0n) is 9.34. The molecule has 2 aliphatic rings. The number of rotatable bonds is 2. The quantitative estimate of drug-likeness (QED) is 0.485. The molecule has 0 aromatic carbocycles. The smallest absolute Gasteiger partial charge is 0.119 e. The maximum absolute atomic E-state index is 2.81. The Balaban J connectivity index is 1.84. The van der Waals surface area contributed by atoms with E-state index in [0.29, 0.717) is 0 Å². The second-order valence-electron chi connectivity index (χ2n) is 5.79. The summed E-state index contributed by atoms with van der Waals surface area (Å²) in [6.45, 7) is 8.88. The summed E-state index contributed by atoms with van der Waals surface area (Å²) in [6.07, 6.45) is 7.54. The zero-order chi connectivity index (χ0) is 9.47. The van der Waals surface area contributed by atoms with Gasteiger partial charge in [-0.05, 0) is 18.8 Å². The molecule has 1 aliphatic carbocycles. The van der Waals surface area contributed by atoms with Gasteiger partial charge in [-0.3, -0.25) is 0 Å². The highest BCUT2D eigenvalue weighted by Gasteiger charge is 2.46. The van der Waals surface area contributed by atoms with E-state index in [1.54, 1.807) is 0 Å². The van der Waals surface area contributed by atoms with Crippen LogP contribution in [-0.2, 0) is 0 Å². The van der Waals surface area contributed by atoms with Gasteiger partial charge in [0.2, 0.25) is 0 Å². The highest BCUT2D eigenvalue weighted by molar-refractivity contribution is 6.74. The van der Waals surface area contributed by atoms with Gasteiger partial charge < -0.3 is 4.57 Å². The lowest BCUT2D eigenvalue weighted by Crippen LogP contribution is -2.35. The molecule has 0 amide bonds. The van der Waals surface area contributed by atoms with Crippen molar-refractivity contribution in [3.8, 4) is 0 Å². The van der Waals surface area contributed by atoms with Crippen LogP contribution in [0.3, 0.4) is 0 Å². The third kappa shape index (κ3) is 2.16. The van der Waals surface area contributed by atoms with Crippen molar-refractivity contribution in [2.75, 3.05) is 6.54 Å². The van der Waals surface area contributed by atoms with Crippen LogP contribution in [0.1, 0.15) is 32.1 Å². The largest absolute Gasteiger partial charge is 0.318 e. The summed E-state index contributed by atoms with van der Waals surface area (Å²) in [5, 5.41) is 0. The van der Waals surface area contributed by atoms with Crippen molar-refractivity contribution in [1.29, 1.82) is 0 Å². The van der Waals surface area contributed by atoms with E-state index >= 15 is 0 Å². The topological polar surface area (TPSA) is 3.01 Å². The van der Waals surface area contributed by atoms with Crippen LogP contribution in [0.2, 0.25) is 19.6 Å². The number of hydrogen-bond acceptors (Lipinski definition) is 1. The van der Waals surface area contributed by atoms with Crippen molar-refractivity contribution in [3.05, 3.63) is 0 Å². The molecule has 1 nitrogen and oxygen atoms in total. The molecule has 0 N–H and O–H groups in total. The van der Waals surface area contributed by atoms with Crippen molar-refractivity contribution in [1.82, 2.24) is 4.57 Å². The van der Waals surface area contributed by atoms with Crippen LogP contribution in [0, 0.1) is 5.92 Å². The zero-order valence-corrected chi connectivity index (χ0v) is 10.3. The second-order valence-corrected chi connectivity index (χ2v) is 10.7. The minimum atomic E-state index is -0.937. The first-order chi connectivity index (χ1) is 6.09. The standard InChI is InChI=1S/C11H23NSi/c1-13(2,3)12-9-11(12)10-7-5-4-6-8-10/h10-11H,4-9H2,1-3H3. The van der Waals surface area contributed by atoms with Crippen LogP contribution in [-0.4, -0.2) is 25.4 Å². The van der Waals surface area contributed by atoms with Crippen LogP contribution in [0.15, 0.2) is 0 Å². The number of hydrogen-bond donors (Lipinski definition) is 0. The second kappa shape index (κ2) is 3.39. The van der Waals surface area contributed by atoms with Crippen LogP contribution >= 0.6 is 0 Å². The molecule has 0 radical (unpaired) electrons. The van der Waals surface area contributed by atoms with Gasteiger partial charge in [-0.1, -0.05) is 38.9 Å². The fourth-order valence-electron chi connectivity index (χ4n) is 2.85. The van der Waals surface area contributed by atoms with Gasteiger partial charge in [0.05, 0.1) is 0 Å². The molecule has 2 atom stereocenters. The molecule has 76 valence electrons. The first-order valence-electron chi connectivity index (χ1n) is 5.86. The summed E-state index contributed by atoms with van der Waals surface area (Å²) in [6, 6.07) is 1.01. The average molecular weight is 197 g/mol. The molecule has 0 spiro atoms. The van der Waals surface area contributed by atoms with Gasteiger partial charge in [0.1, 0.15) is 8.24 Å². The van der Waals surface area contributed by atoms with E-state index < -0.39 is 8.24 Å². The van der Waals surface area contributed by atoms with E-state index in [4.69, 9.17) is 0 Å². The van der Waals surface area contributed by atoms with Gasteiger partial charge in [0, 0.05) is 12.6 Å². The molecule has 2 heteroatoms. The predicted molar refractivity (Wildman–Crippen MR) is 60.4 cm³/mol. The molecular weight excluding hydrogens is 174 g/mol. The highest BCUT2D eigenvalue weighted by Crippen LogP contribution is 2.38. The third-order valence-electron chi connectivity index (χ3n) is 3.71. The Kier molecular flexibility index (Phi) is 2.54. The molecule has 1 aliphatic heterocycles. The summed E-state index contributed by atoms with van der Waals surface area (Å²) in [5.74, 6) is 1.07. The van der Waals surface area contributed by atoms with E-state index in [-0.39, 0.29) is 0 Å². The Labute approximate surface area is 83.6 Å². The van der Waals surface area contributed by atoms with Gasteiger partial charge in [-0.25, -0.2) is 0 Å². The highest BCUT2D eigenvalue weighted by atomic mass is 28.3. The minimum Gasteiger partial charge on any atom is -0.318 e. The van der Waals surface area contributed by atoms with E-state index in [0.717, 1.165) is 12.0 Å². The van der Waals surface area contributed by atoms with Crippen molar-refractivity contribution in [2.24, 2.45) is 5.92 Å². The molecule has 1 saturated heterocycles. The van der Waals surface area contributed by atoms with Crippen molar-refractivity contribution < 1.29 is 0 Å². The Hall–Kier alpha value is 0.177. The summed E-state index contributed by atoms with van der Waals surface area (Å²) < 4.78 is 2.81. The normalized spacial score (nSPS) is 36.2. The molecular formula is C11H23NSi. The van der Waals surface area contributed by atoms with Gasteiger partial charge in [0.25, 0.3) is 0 Å². The molecule has 0 bridgehead atoms. The monoisotopic (exact) mass is 197 g/mol. The van der Waals surface area contributed by atoms with E-state index in [1.165, 1.54) is 38.6 Å². The third-order valence-corrected chi connectivity index (χ3v) is 5.94. The molecule has 0 aromatic rings. The summed E-state index contributed by atoms with van der Waals surface area (Å²) in [5.41, 5.74) is 0. The van der Waals surface area contributed by atoms with E-state index in [9.17, 15) is 0 Å². The first-order valence-corrected chi connectivity index (χ1v) is 9.30. The minimum absolute atomic E-state index is 0.937. The van der Waals surface area contributed by atoms with Crippen LogP contribution < -0.4 is 0 Å². The SMILES string of the molecule is C[Si](C)(C)N1CC1C1CCCCC1. The lowest BCUT2D eigenvalue weighted by Gasteiger charge is -2.25.